The topological polar surface area (TPSA) is 68.4 Å². The quantitative estimate of drug-likeness (QED) is 0.800. The molecule has 0 aliphatic heterocycles. The molecular formula is C12H12ClIN2O2. The largest absolute Gasteiger partial charge is 0.487 e. The molecule has 0 amide bonds. The lowest BCUT2D eigenvalue weighted by Gasteiger charge is -2.14. The molecule has 0 aliphatic rings. The van der Waals surface area contributed by atoms with Crippen molar-refractivity contribution in [2.75, 3.05) is 13.2 Å². The summed E-state index contributed by atoms with van der Waals surface area (Å²) in [4.78, 5) is 4.28. The highest BCUT2D eigenvalue weighted by atomic mass is 127. The maximum absolute atomic E-state index is 9.44. The summed E-state index contributed by atoms with van der Waals surface area (Å²) in [5.74, 6) is 0.628. The maximum atomic E-state index is 9.44. The molecule has 0 spiro atoms. The number of aromatic nitrogens is 1. The molecule has 4 nitrogen and oxygen atoms in total. The molecule has 0 saturated carbocycles. The molecule has 0 radical (unpaired) electrons. The normalized spacial score (nSPS) is 12.7. The van der Waals surface area contributed by atoms with E-state index < -0.39 is 6.10 Å². The Kier molecular flexibility index (Phi) is 4.60. The summed E-state index contributed by atoms with van der Waals surface area (Å²) in [6.07, 6.45) is 0.997. The van der Waals surface area contributed by atoms with Crippen LogP contribution in [0.4, 0.5) is 0 Å². The van der Waals surface area contributed by atoms with Gasteiger partial charge in [0.15, 0.2) is 5.75 Å². The first-order chi connectivity index (χ1) is 8.63. The van der Waals surface area contributed by atoms with Gasteiger partial charge in [-0.15, -0.1) is 0 Å². The maximum Gasteiger partial charge on any atom is 0.159 e. The Hall–Kier alpha value is -0.630. The van der Waals surface area contributed by atoms with Crippen LogP contribution in [0.1, 0.15) is 0 Å². The minimum Gasteiger partial charge on any atom is -0.487 e. The lowest BCUT2D eigenvalue weighted by molar-refractivity contribution is 0.114. The summed E-state index contributed by atoms with van der Waals surface area (Å²) in [6, 6.07) is 5.52. The van der Waals surface area contributed by atoms with Crippen molar-refractivity contribution in [3.63, 3.8) is 0 Å². The third kappa shape index (κ3) is 2.85. The molecule has 0 fully saturated rings. The zero-order valence-electron chi connectivity index (χ0n) is 9.44. The standard InChI is InChI=1S/C12H12ClIN2O2/c13-9-4-10(14)12(18-6-7(17)5-15)11-8(9)2-1-3-16-11/h1-4,7,17H,5-6,15H2. The Bertz CT molecular complexity index is 565. The van der Waals surface area contributed by atoms with Crippen LogP contribution in [0.3, 0.4) is 0 Å². The molecule has 2 rings (SSSR count). The minimum absolute atomic E-state index is 0.139. The molecule has 1 unspecified atom stereocenters. The third-order valence-corrected chi connectivity index (χ3v) is 3.56. The van der Waals surface area contributed by atoms with E-state index in [0.29, 0.717) is 16.3 Å². The molecular weight excluding hydrogens is 367 g/mol. The molecule has 1 aromatic heterocycles. The van der Waals surface area contributed by atoms with Crippen molar-refractivity contribution in [3.8, 4) is 5.75 Å². The van der Waals surface area contributed by atoms with Crippen molar-refractivity contribution in [3.05, 3.63) is 33.0 Å². The van der Waals surface area contributed by atoms with Gasteiger partial charge in [-0.3, -0.25) is 4.98 Å². The van der Waals surface area contributed by atoms with E-state index in [-0.39, 0.29) is 13.2 Å². The van der Waals surface area contributed by atoms with Crippen molar-refractivity contribution in [2.45, 2.75) is 6.10 Å². The van der Waals surface area contributed by atoms with Crippen LogP contribution in [0, 0.1) is 3.57 Å². The second-order valence-electron chi connectivity index (χ2n) is 3.77. The van der Waals surface area contributed by atoms with Crippen LogP contribution in [0.15, 0.2) is 24.4 Å². The number of ether oxygens (including phenoxy) is 1. The van der Waals surface area contributed by atoms with Gasteiger partial charge in [0.2, 0.25) is 0 Å². The fourth-order valence-corrected chi connectivity index (χ4v) is 2.70. The van der Waals surface area contributed by atoms with Gasteiger partial charge in [0.25, 0.3) is 0 Å². The first kappa shape index (κ1) is 13.8. The van der Waals surface area contributed by atoms with Crippen LogP contribution < -0.4 is 10.5 Å². The Labute approximate surface area is 123 Å². The second kappa shape index (κ2) is 6.01. The Morgan fingerprint density at radius 1 is 1.56 bits per heavy atom. The van der Waals surface area contributed by atoms with Gasteiger partial charge in [-0.05, 0) is 40.8 Å². The monoisotopic (exact) mass is 378 g/mol. The second-order valence-corrected chi connectivity index (χ2v) is 5.34. The predicted octanol–water partition coefficient (Wildman–Crippen LogP) is 2.19. The molecule has 0 aliphatic carbocycles. The average molecular weight is 379 g/mol. The van der Waals surface area contributed by atoms with Crippen LogP contribution in [0.5, 0.6) is 5.75 Å². The molecule has 0 saturated heterocycles. The van der Waals surface area contributed by atoms with E-state index in [1.165, 1.54) is 0 Å². The third-order valence-electron chi connectivity index (χ3n) is 2.44. The number of nitrogens with two attached hydrogens (primary N) is 1. The molecule has 6 heteroatoms. The Balaban J connectivity index is 2.43. The molecule has 1 atom stereocenters. The van der Waals surface area contributed by atoms with Gasteiger partial charge in [-0.25, -0.2) is 0 Å². The van der Waals surface area contributed by atoms with E-state index >= 15 is 0 Å². The highest BCUT2D eigenvalue weighted by molar-refractivity contribution is 14.1. The first-order valence-corrected chi connectivity index (χ1v) is 6.82. The summed E-state index contributed by atoms with van der Waals surface area (Å²) in [6.45, 7) is 0.301. The SMILES string of the molecule is NCC(O)COc1c(I)cc(Cl)c2cccnc12. The number of halogens is 2. The molecule has 96 valence electrons. The van der Waals surface area contributed by atoms with Crippen molar-refractivity contribution in [2.24, 2.45) is 5.73 Å². The summed E-state index contributed by atoms with van der Waals surface area (Å²) in [7, 11) is 0. The van der Waals surface area contributed by atoms with Gasteiger partial charge in [-0.1, -0.05) is 11.6 Å². The average Bonchev–Trinajstić information content (AvgIpc) is 2.38. The smallest absolute Gasteiger partial charge is 0.159 e. The summed E-state index contributed by atoms with van der Waals surface area (Å²) in [5.41, 5.74) is 6.04. The predicted molar refractivity (Wildman–Crippen MR) is 80.0 cm³/mol. The van der Waals surface area contributed by atoms with Crippen LogP contribution in [-0.2, 0) is 0 Å². The van der Waals surface area contributed by atoms with E-state index in [1.54, 1.807) is 6.20 Å². The number of pyridine rings is 1. The fourth-order valence-electron chi connectivity index (χ4n) is 1.53. The summed E-state index contributed by atoms with van der Waals surface area (Å²) in [5, 5.41) is 10.9. The van der Waals surface area contributed by atoms with Crippen molar-refractivity contribution < 1.29 is 9.84 Å². The number of hydrogen-bond donors (Lipinski definition) is 2. The van der Waals surface area contributed by atoms with Crippen LogP contribution in [0.2, 0.25) is 5.02 Å². The van der Waals surface area contributed by atoms with Gasteiger partial charge >= 0.3 is 0 Å². The molecule has 1 heterocycles. The van der Waals surface area contributed by atoms with E-state index in [1.807, 2.05) is 18.2 Å². The Morgan fingerprint density at radius 3 is 3.06 bits per heavy atom. The van der Waals surface area contributed by atoms with Gasteiger partial charge in [0.05, 0.1) is 8.59 Å². The van der Waals surface area contributed by atoms with Crippen LogP contribution in [-0.4, -0.2) is 29.3 Å². The number of benzene rings is 1. The van der Waals surface area contributed by atoms with Gasteiger partial charge < -0.3 is 15.6 Å². The number of hydrogen-bond acceptors (Lipinski definition) is 4. The zero-order chi connectivity index (χ0) is 13.1. The highest BCUT2D eigenvalue weighted by Gasteiger charge is 2.13. The number of aliphatic hydroxyl groups excluding tert-OH is 1. The first-order valence-electron chi connectivity index (χ1n) is 5.37. The number of nitrogens with zero attached hydrogens (tertiary/aromatic N) is 1. The molecule has 0 bridgehead atoms. The minimum atomic E-state index is -0.685. The van der Waals surface area contributed by atoms with Gasteiger partial charge in [0.1, 0.15) is 18.2 Å². The molecule has 3 N–H and O–H groups in total. The van der Waals surface area contributed by atoms with Crippen molar-refractivity contribution >= 4 is 45.1 Å². The van der Waals surface area contributed by atoms with Crippen LogP contribution >= 0.6 is 34.2 Å². The van der Waals surface area contributed by atoms with E-state index in [2.05, 4.69) is 27.6 Å². The number of rotatable bonds is 4. The molecule has 2 aromatic rings. The molecule has 18 heavy (non-hydrogen) atoms. The summed E-state index contributed by atoms with van der Waals surface area (Å²) < 4.78 is 6.45. The van der Waals surface area contributed by atoms with E-state index in [0.717, 1.165) is 8.96 Å². The van der Waals surface area contributed by atoms with Crippen molar-refractivity contribution in [1.29, 1.82) is 0 Å². The zero-order valence-corrected chi connectivity index (χ0v) is 12.4. The van der Waals surface area contributed by atoms with E-state index in [9.17, 15) is 5.11 Å². The van der Waals surface area contributed by atoms with Gasteiger partial charge in [-0.2, -0.15) is 0 Å². The molecule has 1 aromatic carbocycles. The number of fused-ring (bicyclic) bond motifs is 1. The lowest BCUT2D eigenvalue weighted by atomic mass is 10.2. The fraction of sp³-hybridized carbons (Fsp3) is 0.250. The van der Waals surface area contributed by atoms with E-state index in [4.69, 9.17) is 22.1 Å². The van der Waals surface area contributed by atoms with Crippen LogP contribution in [0.25, 0.3) is 10.9 Å². The van der Waals surface area contributed by atoms with Crippen molar-refractivity contribution in [1.82, 2.24) is 4.98 Å². The van der Waals surface area contributed by atoms with Gasteiger partial charge in [0, 0.05) is 18.1 Å². The summed E-state index contributed by atoms with van der Waals surface area (Å²) >= 11 is 8.29. The number of aliphatic hydroxyl groups is 1. The lowest BCUT2D eigenvalue weighted by Crippen LogP contribution is -2.26. The highest BCUT2D eigenvalue weighted by Crippen LogP contribution is 2.34. The Morgan fingerprint density at radius 2 is 2.33 bits per heavy atom.